The average molecular weight is 547 g/mol. The molecule has 0 amide bonds. The minimum Gasteiger partial charge on any atom is -0.491 e. The second-order valence-electron chi connectivity index (χ2n) is 11.6. The van der Waals surface area contributed by atoms with E-state index in [0.717, 1.165) is 18.6 Å². The normalized spacial score (nSPS) is 20.2. The van der Waals surface area contributed by atoms with Crippen LogP contribution in [0.15, 0.2) is 24.3 Å². The van der Waals surface area contributed by atoms with E-state index in [4.69, 9.17) is 18.9 Å². The maximum atomic E-state index is 13.3. The van der Waals surface area contributed by atoms with Crippen LogP contribution in [-0.4, -0.2) is 45.1 Å². The zero-order valence-corrected chi connectivity index (χ0v) is 25.6. The second-order valence-corrected chi connectivity index (χ2v) is 11.6. The van der Waals surface area contributed by atoms with Gasteiger partial charge in [0.05, 0.1) is 19.3 Å². The third kappa shape index (κ3) is 13.7. The molecule has 1 aliphatic heterocycles. The van der Waals surface area contributed by atoms with Gasteiger partial charge in [0.15, 0.2) is 0 Å². The van der Waals surface area contributed by atoms with Crippen LogP contribution < -0.4 is 4.74 Å². The van der Waals surface area contributed by atoms with Crippen molar-refractivity contribution < 1.29 is 23.7 Å². The first-order valence-corrected chi connectivity index (χ1v) is 16.1. The van der Waals surface area contributed by atoms with Gasteiger partial charge in [0.2, 0.25) is 12.1 Å². The van der Waals surface area contributed by atoms with E-state index in [0.29, 0.717) is 37.2 Å². The molecule has 4 atom stereocenters. The molecule has 1 aliphatic rings. The van der Waals surface area contributed by atoms with Gasteiger partial charge in [0.25, 0.3) is 0 Å². The molecular formula is C34H58O5. The van der Waals surface area contributed by atoms with Crippen LogP contribution in [-0.2, 0) is 14.2 Å². The first-order valence-electron chi connectivity index (χ1n) is 16.1. The number of unbranched alkanes of at least 4 members (excludes halogenated alkanes) is 12. The van der Waals surface area contributed by atoms with Crippen LogP contribution in [0, 0.1) is 11.8 Å². The molecule has 1 aromatic rings. The Kier molecular flexibility index (Phi) is 18.5. The molecule has 0 N–H and O–H groups in total. The first-order chi connectivity index (χ1) is 19.1. The lowest BCUT2D eigenvalue weighted by Gasteiger charge is -2.39. The van der Waals surface area contributed by atoms with Gasteiger partial charge < -0.3 is 18.9 Å². The largest absolute Gasteiger partial charge is 0.491 e. The number of carbonyl (C=O) groups excluding carboxylic acids is 1. The summed E-state index contributed by atoms with van der Waals surface area (Å²) in [5.41, 5.74) is 0.600. The highest BCUT2D eigenvalue weighted by Crippen LogP contribution is 2.33. The number of carbonyl (C=O) groups is 1. The predicted octanol–water partition coefficient (Wildman–Crippen LogP) is 9.17. The van der Waals surface area contributed by atoms with Crippen LogP contribution in [0.3, 0.4) is 0 Å². The summed E-state index contributed by atoms with van der Waals surface area (Å²) in [6.45, 7) is 8.47. The molecule has 0 radical (unpaired) electrons. The maximum Gasteiger partial charge on any atom is 0.222 e. The Morgan fingerprint density at radius 1 is 0.846 bits per heavy atom. The van der Waals surface area contributed by atoms with Crippen LogP contribution in [0.25, 0.3) is 0 Å². The highest BCUT2D eigenvalue weighted by molar-refractivity contribution is 5.98. The Morgan fingerprint density at radius 2 is 1.44 bits per heavy atom. The standard InChI is InChI=1S/C34H58O5/c1-5-7-9-11-13-15-17-19-28(3)33-30(20-18-16-14-12-10-8-6-2)27-38-34(39-33)32(35)29-21-23-31(24-22-29)37-26-25-36-4/h21-24,28,30,33-34H,5-20,25-27H2,1-4H3. The lowest BCUT2D eigenvalue weighted by atomic mass is 9.84. The zero-order chi connectivity index (χ0) is 28.1. The van der Waals surface area contributed by atoms with E-state index in [1.54, 1.807) is 19.2 Å². The molecule has 0 aliphatic carbocycles. The third-order valence-electron chi connectivity index (χ3n) is 8.12. The lowest BCUT2D eigenvalue weighted by Crippen LogP contribution is -2.46. The van der Waals surface area contributed by atoms with Crippen molar-refractivity contribution in [1.82, 2.24) is 0 Å². The molecule has 39 heavy (non-hydrogen) atoms. The van der Waals surface area contributed by atoms with E-state index in [1.807, 2.05) is 12.1 Å². The van der Waals surface area contributed by atoms with Gasteiger partial charge >= 0.3 is 0 Å². The number of hydrogen-bond acceptors (Lipinski definition) is 5. The topological polar surface area (TPSA) is 54.0 Å². The Balaban J connectivity index is 1.90. The molecule has 1 aromatic carbocycles. The molecule has 4 unspecified atom stereocenters. The van der Waals surface area contributed by atoms with Crippen molar-refractivity contribution in [3.05, 3.63) is 29.8 Å². The van der Waals surface area contributed by atoms with Crippen molar-refractivity contribution in [2.75, 3.05) is 26.9 Å². The maximum absolute atomic E-state index is 13.3. The Labute approximate surface area is 239 Å². The molecule has 1 fully saturated rings. The molecule has 0 saturated carbocycles. The van der Waals surface area contributed by atoms with Crippen LogP contribution >= 0.6 is 0 Å². The molecule has 5 nitrogen and oxygen atoms in total. The fourth-order valence-corrected chi connectivity index (χ4v) is 5.63. The van der Waals surface area contributed by atoms with Gasteiger partial charge in [0, 0.05) is 18.6 Å². The van der Waals surface area contributed by atoms with Gasteiger partial charge in [-0.15, -0.1) is 0 Å². The summed E-state index contributed by atoms with van der Waals surface area (Å²) in [5.74, 6) is 1.41. The quantitative estimate of drug-likeness (QED) is 0.101. The minimum atomic E-state index is -0.822. The number of ether oxygens (including phenoxy) is 4. The first kappa shape index (κ1) is 33.8. The number of rotatable bonds is 23. The number of methoxy groups -OCH3 is 1. The Bertz CT molecular complexity index is 734. The van der Waals surface area contributed by atoms with E-state index in [-0.39, 0.29) is 11.9 Å². The molecule has 0 spiro atoms. The monoisotopic (exact) mass is 546 g/mol. The fourth-order valence-electron chi connectivity index (χ4n) is 5.63. The summed E-state index contributed by atoms with van der Waals surface area (Å²) in [5, 5.41) is 0. The smallest absolute Gasteiger partial charge is 0.222 e. The second kappa shape index (κ2) is 21.3. The van der Waals surface area contributed by atoms with Crippen LogP contribution in [0.5, 0.6) is 5.75 Å². The highest BCUT2D eigenvalue weighted by atomic mass is 16.7. The van der Waals surface area contributed by atoms with E-state index in [1.165, 1.54) is 89.9 Å². The summed E-state index contributed by atoms with van der Waals surface area (Å²) < 4.78 is 23.2. The number of Topliss-reactive ketones (excluding diaryl/α,β-unsaturated/α-hetero) is 1. The van der Waals surface area contributed by atoms with Crippen LogP contribution in [0.4, 0.5) is 0 Å². The minimum absolute atomic E-state index is 0.0736. The van der Waals surface area contributed by atoms with E-state index >= 15 is 0 Å². The van der Waals surface area contributed by atoms with Crippen LogP contribution in [0.2, 0.25) is 0 Å². The van der Waals surface area contributed by atoms with Gasteiger partial charge in [-0.25, -0.2) is 0 Å². The molecule has 1 saturated heterocycles. The number of hydrogen-bond donors (Lipinski definition) is 0. The lowest BCUT2D eigenvalue weighted by molar-refractivity contribution is -0.225. The molecule has 0 bridgehead atoms. The molecule has 2 rings (SSSR count). The predicted molar refractivity (Wildman–Crippen MR) is 161 cm³/mol. The summed E-state index contributed by atoms with van der Waals surface area (Å²) in [7, 11) is 1.65. The Morgan fingerprint density at radius 3 is 2.05 bits per heavy atom. The SMILES string of the molecule is CCCCCCCCCC(C)C1OC(C(=O)c2ccc(OCCOC)cc2)OCC1CCCCCCCCC. The molecular weight excluding hydrogens is 488 g/mol. The summed E-state index contributed by atoms with van der Waals surface area (Å²) >= 11 is 0. The average Bonchev–Trinajstić information content (AvgIpc) is 2.96. The molecule has 5 heteroatoms. The fraction of sp³-hybridized carbons (Fsp3) is 0.794. The molecule has 0 aromatic heterocycles. The van der Waals surface area contributed by atoms with Gasteiger partial charge in [0.1, 0.15) is 12.4 Å². The summed E-state index contributed by atoms with van der Waals surface area (Å²) in [6.07, 6.45) is 19.9. The van der Waals surface area contributed by atoms with Gasteiger partial charge in [-0.2, -0.15) is 0 Å². The highest BCUT2D eigenvalue weighted by Gasteiger charge is 2.38. The van der Waals surface area contributed by atoms with Gasteiger partial charge in [-0.1, -0.05) is 111 Å². The Hall–Kier alpha value is -1.43. The van der Waals surface area contributed by atoms with Crippen molar-refractivity contribution in [3.63, 3.8) is 0 Å². The van der Waals surface area contributed by atoms with Crippen molar-refractivity contribution in [3.8, 4) is 5.75 Å². The third-order valence-corrected chi connectivity index (χ3v) is 8.12. The van der Waals surface area contributed by atoms with Crippen molar-refractivity contribution >= 4 is 5.78 Å². The number of benzene rings is 1. The van der Waals surface area contributed by atoms with Crippen molar-refractivity contribution in [2.24, 2.45) is 11.8 Å². The van der Waals surface area contributed by atoms with E-state index in [2.05, 4.69) is 20.8 Å². The van der Waals surface area contributed by atoms with Gasteiger partial charge in [-0.3, -0.25) is 4.79 Å². The van der Waals surface area contributed by atoms with Crippen molar-refractivity contribution in [2.45, 2.75) is 136 Å². The number of ketones is 1. The van der Waals surface area contributed by atoms with E-state index < -0.39 is 6.29 Å². The van der Waals surface area contributed by atoms with Crippen molar-refractivity contribution in [1.29, 1.82) is 0 Å². The van der Waals surface area contributed by atoms with Gasteiger partial charge in [-0.05, 0) is 43.0 Å². The zero-order valence-electron chi connectivity index (χ0n) is 25.6. The summed E-state index contributed by atoms with van der Waals surface area (Å²) in [4.78, 5) is 13.3. The van der Waals surface area contributed by atoms with Crippen LogP contribution in [0.1, 0.15) is 134 Å². The molecule has 224 valence electrons. The van der Waals surface area contributed by atoms with E-state index in [9.17, 15) is 4.79 Å². The summed E-state index contributed by atoms with van der Waals surface area (Å²) in [6, 6.07) is 7.27. The molecule has 1 heterocycles.